The lowest BCUT2D eigenvalue weighted by atomic mass is 10.0. The quantitative estimate of drug-likeness (QED) is 0.401. The maximum Gasteiger partial charge on any atom is 0.308 e. The van der Waals surface area contributed by atoms with Gasteiger partial charge in [0.15, 0.2) is 0 Å². The molecule has 2 heteroatoms. The summed E-state index contributed by atoms with van der Waals surface area (Å²) in [6.45, 7) is 19.9. The highest BCUT2D eigenvalue weighted by atomic mass is 16.5. The third-order valence-electron chi connectivity index (χ3n) is 1.66. The van der Waals surface area contributed by atoms with Gasteiger partial charge in [0.25, 0.3) is 0 Å². The van der Waals surface area contributed by atoms with Crippen molar-refractivity contribution in [1.29, 1.82) is 0 Å². The monoisotopic (exact) mass is 240 g/mol. The van der Waals surface area contributed by atoms with Crippen molar-refractivity contribution >= 4 is 5.97 Å². The Balaban J connectivity index is -0.000000439. The van der Waals surface area contributed by atoms with Gasteiger partial charge in [-0.1, -0.05) is 45.1 Å². The number of hydrogen-bond acceptors (Lipinski definition) is 2. The van der Waals surface area contributed by atoms with Crippen molar-refractivity contribution in [1.82, 2.24) is 0 Å². The molecule has 1 atom stereocenters. The number of esters is 1. The van der Waals surface area contributed by atoms with E-state index in [0.29, 0.717) is 13.0 Å². The first kappa shape index (κ1) is 21.0. The van der Waals surface area contributed by atoms with Crippen LogP contribution in [-0.4, -0.2) is 12.6 Å². The summed E-state index contributed by atoms with van der Waals surface area (Å²) in [6, 6.07) is 0. The molecular formula is C15H28O2. The summed E-state index contributed by atoms with van der Waals surface area (Å²) >= 11 is 0. The van der Waals surface area contributed by atoms with Crippen molar-refractivity contribution in [2.45, 2.75) is 41.0 Å². The SMILES string of the molecule is C=C.C=C(/C=C\C)CC(C)C(=O)OCC.CC. The van der Waals surface area contributed by atoms with Gasteiger partial charge in [0.05, 0.1) is 12.5 Å². The van der Waals surface area contributed by atoms with Crippen LogP contribution in [-0.2, 0) is 9.53 Å². The van der Waals surface area contributed by atoms with Crippen molar-refractivity contribution in [2.24, 2.45) is 5.92 Å². The van der Waals surface area contributed by atoms with Gasteiger partial charge in [-0.25, -0.2) is 0 Å². The molecule has 0 aliphatic carbocycles. The van der Waals surface area contributed by atoms with Gasteiger partial charge in [-0.2, -0.15) is 0 Å². The van der Waals surface area contributed by atoms with E-state index in [2.05, 4.69) is 19.7 Å². The van der Waals surface area contributed by atoms with E-state index >= 15 is 0 Å². The summed E-state index contributed by atoms with van der Waals surface area (Å²) in [5, 5.41) is 0. The number of carbonyl (C=O) groups excluding carboxylic acids is 1. The van der Waals surface area contributed by atoms with Crippen molar-refractivity contribution < 1.29 is 9.53 Å². The first-order chi connectivity index (χ1) is 8.11. The van der Waals surface area contributed by atoms with Crippen LogP contribution in [0.15, 0.2) is 37.5 Å². The second kappa shape index (κ2) is 17.1. The zero-order valence-corrected chi connectivity index (χ0v) is 12.1. The molecule has 0 aromatic heterocycles. The Bertz CT molecular complexity index is 217. The summed E-state index contributed by atoms with van der Waals surface area (Å²) in [6.07, 6.45) is 4.50. The first-order valence-corrected chi connectivity index (χ1v) is 6.08. The van der Waals surface area contributed by atoms with Crippen molar-refractivity contribution in [3.63, 3.8) is 0 Å². The van der Waals surface area contributed by atoms with E-state index in [9.17, 15) is 4.79 Å². The second-order valence-electron chi connectivity index (χ2n) is 3.02. The minimum absolute atomic E-state index is 0.0938. The Hall–Kier alpha value is -1.31. The molecule has 0 aliphatic rings. The van der Waals surface area contributed by atoms with E-state index in [0.717, 1.165) is 5.57 Å². The smallest absolute Gasteiger partial charge is 0.308 e. The fourth-order valence-electron chi connectivity index (χ4n) is 1.06. The molecule has 100 valence electrons. The average molecular weight is 240 g/mol. The van der Waals surface area contributed by atoms with E-state index in [1.54, 1.807) is 0 Å². The molecule has 0 bridgehead atoms. The van der Waals surface area contributed by atoms with Crippen LogP contribution in [0, 0.1) is 5.92 Å². The molecule has 17 heavy (non-hydrogen) atoms. The first-order valence-electron chi connectivity index (χ1n) is 6.08. The molecular weight excluding hydrogens is 212 g/mol. The molecule has 1 unspecified atom stereocenters. The van der Waals surface area contributed by atoms with E-state index in [1.165, 1.54) is 0 Å². The van der Waals surface area contributed by atoms with Crippen molar-refractivity contribution in [3.8, 4) is 0 Å². The lowest BCUT2D eigenvalue weighted by molar-refractivity contribution is -0.147. The van der Waals surface area contributed by atoms with Crippen LogP contribution >= 0.6 is 0 Å². The van der Waals surface area contributed by atoms with E-state index in [1.807, 2.05) is 46.8 Å². The van der Waals surface area contributed by atoms with Gasteiger partial charge in [-0.3, -0.25) is 4.79 Å². The molecule has 0 aromatic rings. The molecule has 0 fully saturated rings. The van der Waals surface area contributed by atoms with Gasteiger partial charge in [0, 0.05) is 0 Å². The molecule has 0 radical (unpaired) electrons. The Morgan fingerprint density at radius 1 is 1.35 bits per heavy atom. The Kier molecular flexibility index (Phi) is 21.1. The minimum Gasteiger partial charge on any atom is -0.466 e. The van der Waals surface area contributed by atoms with Gasteiger partial charge in [0.1, 0.15) is 0 Å². The maximum atomic E-state index is 11.2. The largest absolute Gasteiger partial charge is 0.466 e. The maximum absolute atomic E-state index is 11.2. The van der Waals surface area contributed by atoms with E-state index in [-0.39, 0.29) is 11.9 Å². The summed E-state index contributed by atoms with van der Waals surface area (Å²) in [5.74, 6) is -0.239. The molecule has 0 rings (SSSR count). The molecule has 0 heterocycles. The van der Waals surface area contributed by atoms with Crippen LogP contribution < -0.4 is 0 Å². The molecule has 0 saturated heterocycles. The van der Waals surface area contributed by atoms with Crippen LogP contribution in [0.3, 0.4) is 0 Å². The van der Waals surface area contributed by atoms with E-state index < -0.39 is 0 Å². The number of carbonyl (C=O) groups is 1. The predicted octanol–water partition coefficient (Wildman–Crippen LogP) is 4.54. The topological polar surface area (TPSA) is 26.3 Å². The standard InChI is InChI=1S/C11H18O2.C2H6.C2H4/c1-5-7-9(3)8-10(4)11(12)13-6-2;2*1-2/h5,7,10H,3,6,8H2,1-2,4H3;1-2H3;1-2H2/b7-5-;;. The van der Waals surface area contributed by atoms with Gasteiger partial charge in [-0.15, -0.1) is 13.2 Å². The van der Waals surface area contributed by atoms with Crippen LogP contribution in [0.4, 0.5) is 0 Å². The number of hydrogen-bond donors (Lipinski definition) is 0. The number of ether oxygens (including phenoxy) is 1. The summed E-state index contributed by atoms with van der Waals surface area (Å²) < 4.78 is 4.88. The fourth-order valence-corrected chi connectivity index (χ4v) is 1.06. The van der Waals surface area contributed by atoms with Crippen molar-refractivity contribution in [3.05, 3.63) is 37.5 Å². The number of allylic oxidation sites excluding steroid dienone is 3. The third-order valence-corrected chi connectivity index (χ3v) is 1.66. The number of rotatable bonds is 5. The Morgan fingerprint density at radius 2 is 1.82 bits per heavy atom. The lowest BCUT2D eigenvalue weighted by Gasteiger charge is -2.09. The third kappa shape index (κ3) is 14.7. The van der Waals surface area contributed by atoms with Crippen LogP contribution in [0.5, 0.6) is 0 Å². The molecule has 0 saturated carbocycles. The van der Waals surface area contributed by atoms with E-state index in [4.69, 9.17) is 4.74 Å². The summed E-state index contributed by atoms with van der Waals surface area (Å²) in [4.78, 5) is 11.2. The van der Waals surface area contributed by atoms with Crippen LogP contribution in [0.1, 0.15) is 41.0 Å². The molecule has 0 amide bonds. The van der Waals surface area contributed by atoms with Gasteiger partial charge < -0.3 is 4.74 Å². The minimum atomic E-state index is -0.145. The molecule has 0 spiro atoms. The van der Waals surface area contributed by atoms with Crippen molar-refractivity contribution in [2.75, 3.05) is 6.61 Å². The molecule has 0 aliphatic heterocycles. The lowest BCUT2D eigenvalue weighted by Crippen LogP contribution is -2.14. The normalized spacial score (nSPS) is 10.4. The average Bonchev–Trinajstić information content (AvgIpc) is 2.34. The predicted molar refractivity (Wildman–Crippen MR) is 77.0 cm³/mol. The molecule has 0 N–H and O–H groups in total. The van der Waals surface area contributed by atoms with Gasteiger partial charge in [-0.05, 0) is 20.3 Å². The molecule has 2 nitrogen and oxygen atoms in total. The highest BCUT2D eigenvalue weighted by Gasteiger charge is 2.13. The highest BCUT2D eigenvalue weighted by molar-refractivity contribution is 5.72. The van der Waals surface area contributed by atoms with Crippen LogP contribution in [0.2, 0.25) is 0 Å². The highest BCUT2D eigenvalue weighted by Crippen LogP contribution is 2.12. The summed E-state index contributed by atoms with van der Waals surface area (Å²) in [5.41, 5.74) is 0.961. The summed E-state index contributed by atoms with van der Waals surface area (Å²) in [7, 11) is 0. The Morgan fingerprint density at radius 3 is 2.18 bits per heavy atom. The second-order valence-corrected chi connectivity index (χ2v) is 3.02. The van der Waals surface area contributed by atoms with Crippen LogP contribution in [0.25, 0.3) is 0 Å². The van der Waals surface area contributed by atoms with Gasteiger partial charge in [0.2, 0.25) is 0 Å². The van der Waals surface area contributed by atoms with Gasteiger partial charge >= 0.3 is 5.97 Å². The Labute approximate surface area is 107 Å². The fraction of sp³-hybridized carbons (Fsp3) is 0.533. The zero-order valence-electron chi connectivity index (χ0n) is 12.1. The zero-order chi connectivity index (χ0) is 14.3. The molecule has 0 aromatic carbocycles.